The van der Waals surface area contributed by atoms with Crippen LogP contribution in [0.1, 0.15) is 22.8 Å². The summed E-state index contributed by atoms with van der Waals surface area (Å²) in [6.45, 7) is 1.56. The Bertz CT molecular complexity index is 538. The summed E-state index contributed by atoms with van der Waals surface area (Å²) >= 11 is 3.38. The lowest BCUT2D eigenvalue weighted by Gasteiger charge is -2.13. The van der Waals surface area contributed by atoms with Crippen molar-refractivity contribution in [1.82, 2.24) is 0 Å². The van der Waals surface area contributed by atoms with E-state index < -0.39 is 28.1 Å². The summed E-state index contributed by atoms with van der Waals surface area (Å²) < 4.78 is 42.2. The predicted molar refractivity (Wildman–Crippen MR) is 66.3 cm³/mol. The highest BCUT2D eigenvalue weighted by Crippen LogP contribution is 2.41. The Morgan fingerprint density at radius 3 is 2.63 bits per heavy atom. The third-order valence-corrected chi connectivity index (χ3v) is 3.19. The van der Waals surface area contributed by atoms with E-state index in [0.29, 0.717) is 0 Å². The molecule has 19 heavy (non-hydrogen) atoms. The zero-order chi connectivity index (χ0) is 14.6. The molecule has 0 radical (unpaired) electrons. The van der Waals surface area contributed by atoms with Gasteiger partial charge in [-0.05, 0) is 30.8 Å². The van der Waals surface area contributed by atoms with E-state index in [1.807, 2.05) is 0 Å². The standard InChI is InChI=1S/C11H8F3NO2S2/c1-2-17-10(16)6-3-4-8(18)7(5-15)9(6)19-11(12,13)14/h3-4,18H,2H2,1H3. The molecule has 0 aliphatic rings. The van der Waals surface area contributed by atoms with Gasteiger partial charge >= 0.3 is 11.5 Å². The number of benzene rings is 1. The van der Waals surface area contributed by atoms with Gasteiger partial charge in [0.1, 0.15) is 6.07 Å². The van der Waals surface area contributed by atoms with E-state index in [1.165, 1.54) is 13.0 Å². The van der Waals surface area contributed by atoms with Gasteiger partial charge in [-0.15, -0.1) is 12.6 Å². The highest BCUT2D eigenvalue weighted by atomic mass is 32.2. The van der Waals surface area contributed by atoms with E-state index in [2.05, 4.69) is 17.4 Å². The van der Waals surface area contributed by atoms with Gasteiger partial charge in [0.2, 0.25) is 0 Å². The minimum Gasteiger partial charge on any atom is -0.462 e. The van der Waals surface area contributed by atoms with E-state index in [-0.39, 0.29) is 22.6 Å². The molecule has 0 bridgehead atoms. The maximum atomic E-state index is 12.5. The molecule has 0 saturated carbocycles. The largest absolute Gasteiger partial charge is 0.462 e. The van der Waals surface area contributed by atoms with Crippen molar-refractivity contribution < 1.29 is 22.7 Å². The Morgan fingerprint density at radius 1 is 1.53 bits per heavy atom. The fourth-order valence-corrected chi connectivity index (χ4v) is 2.33. The number of rotatable bonds is 3. The van der Waals surface area contributed by atoms with Crippen molar-refractivity contribution >= 4 is 30.4 Å². The van der Waals surface area contributed by atoms with Crippen LogP contribution in [0.5, 0.6) is 0 Å². The summed E-state index contributed by atoms with van der Waals surface area (Å²) in [6, 6.07) is 4.07. The third kappa shape index (κ3) is 4.08. The maximum Gasteiger partial charge on any atom is 0.446 e. The van der Waals surface area contributed by atoms with E-state index in [4.69, 9.17) is 5.26 Å². The smallest absolute Gasteiger partial charge is 0.446 e. The Labute approximate surface area is 117 Å². The lowest BCUT2D eigenvalue weighted by molar-refractivity contribution is -0.0328. The quantitative estimate of drug-likeness (QED) is 0.526. The number of carbonyl (C=O) groups excluding carboxylic acids is 1. The summed E-state index contributed by atoms with van der Waals surface area (Å²) in [5.41, 5.74) is -5.20. The average Bonchev–Trinajstić information content (AvgIpc) is 2.27. The molecule has 0 aliphatic heterocycles. The first-order valence-corrected chi connectivity index (χ1v) is 6.25. The van der Waals surface area contributed by atoms with Crippen LogP contribution >= 0.6 is 24.4 Å². The van der Waals surface area contributed by atoms with Crippen LogP contribution in [0.2, 0.25) is 0 Å². The van der Waals surface area contributed by atoms with Crippen LogP contribution in [-0.2, 0) is 4.74 Å². The van der Waals surface area contributed by atoms with Gasteiger partial charge in [0.15, 0.2) is 0 Å². The summed E-state index contributed by atoms with van der Waals surface area (Å²) in [5.74, 6) is -0.904. The highest BCUT2D eigenvalue weighted by molar-refractivity contribution is 8.00. The molecule has 0 fully saturated rings. The molecule has 1 aromatic rings. The van der Waals surface area contributed by atoms with Gasteiger partial charge in [-0.1, -0.05) is 0 Å². The Balaban J connectivity index is 3.39. The molecule has 0 heterocycles. The molecule has 3 nitrogen and oxygen atoms in total. The van der Waals surface area contributed by atoms with Crippen LogP contribution in [0.3, 0.4) is 0 Å². The van der Waals surface area contributed by atoms with E-state index in [1.54, 1.807) is 6.07 Å². The van der Waals surface area contributed by atoms with Crippen molar-refractivity contribution in [1.29, 1.82) is 5.26 Å². The maximum absolute atomic E-state index is 12.5. The van der Waals surface area contributed by atoms with Crippen LogP contribution in [0.15, 0.2) is 21.9 Å². The monoisotopic (exact) mass is 307 g/mol. The van der Waals surface area contributed by atoms with Gasteiger partial charge in [-0.25, -0.2) is 4.79 Å². The molecular weight excluding hydrogens is 299 g/mol. The molecule has 8 heteroatoms. The first-order chi connectivity index (χ1) is 8.80. The number of carbonyl (C=O) groups is 1. The van der Waals surface area contributed by atoms with Crippen molar-refractivity contribution in [3.8, 4) is 6.07 Å². The number of esters is 1. The van der Waals surface area contributed by atoms with Gasteiger partial charge in [0, 0.05) is 9.79 Å². The first kappa shape index (κ1) is 15.7. The van der Waals surface area contributed by atoms with Crippen molar-refractivity contribution in [3.63, 3.8) is 0 Å². The number of nitriles is 1. The lowest BCUT2D eigenvalue weighted by atomic mass is 10.1. The molecule has 0 unspecified atom stereocenters. The SMILES string of the molecule is CCOC(=O)c1ccc(S)c(C#N)c1SC(F)(F)F. The van der Waals surface area contributed by atoms with Gasteiger partial charge in [0.05, 0.1) is 17.7 Å². The number of alkyl halides is 3. The van der Waals surface area contributed by atoms with Gasteiger partial charge in [0.25, 0.3) is 0 Å². The zero-order valence-corrected chi connectivity index (χ0v) is 11.3. The molecule has 0 aromatic heterocycles. The number of nitrogens with zero attached hydrogens (tertiary/aromatic N) is 1. The fourth-order valence-electron chi connectivity index (χ4n) is 1.27. The summed E-state index contributed by atoms with van der Waals surface area (Å²) in [7, 11) is 0. The number of thiol groups is 1. The molecule has 0 amide bonds. The first-order valence-electron chi connectivity index (χ1n) is 4.99. The Morgan fingerprint density at radius 2 is 2.16 bits per heavy atom. The van der Waals surface area contributed by atoms with Crippen LogP contribution in [0.25, 0.3) is 0 Å². The van der Waals surface area contributed by atoms with Crippen LogP contribution in [0, 0.1) is 11.3 Å². The van der Waals surface area contributed by atoms with Crippen molar-refractivity contribution in [3.05, 3.63) is 23.3 Å². The van der Waals surface area contributed by atoms with Crippen LogP contribution in [-0.4, -0.2) is 18.1 Å². The van der Waals surface area contributed by atoms with Crippen molar-refractivity contribution in [2.75, 3.05) is 6.61 Å². The average molecular weight is 307 g/mol. The molecule has 1 aromatic carbocycles. The molecule has 1 rings (SSSR count). The molecule has 0 spiro atoms. The topological polar surface area (TPSA) is 50.1 Å². The second-order valence-electron chi connectivity index (χ2n) is 3.22. The van der Waals surface area contributed by atoms with Crippen molar-refractivity contribution in [2.24, 2.45) is 0 Å². The van der Waals surface area contributed by atoms with Crippen LogP contribution < -0.4 is 0 Å². The summed E-state index contributed by atoms with van der Waals surface area (Å²) in [5, 5.41) is 8.90. The second-order valence-corrected chi connectivity index (χ2v) is 4.77. The van der Waals surface area contributed by atoms with Gasteiger partial charge in [-0.2, -0.15) is 18.4 Å². The third-order valence-electron chi connectivity index (χ3n) is 1.96. The minimum atomic E-state index is -4.62. The van der Waals surface area contributed by atoms with Crippen LogP contribution in [0.4, 0.5) is 13.2 Å². The minimum absolute atomic E-state index is 0.0273. The molecule has 0 atom stereocenters. The second kappa shape index (κ2) is 6.21. The molecular formula is C11H8F3NO2S2. The van der Waals surface area contributed by atoms with E-state index in [0.717, 1.165) is 6.07 Å². The Hall–Kier alpha value is -1.33. The molecule has 0 aliphatic carbocycles. The van der Waals surface area contributed by atoms with E-state index >= 15 is 0 Å². The number of hydrogen-bond donors (Lipinski definition) is 1. The summed E-state index contributed by atoms with van der Waals surface area (Å²) in [6.07, 6.45) is 0. The van der Waals surface area contributed by atoms with E-state index in [9.17, 15) is 18.0 Å². The predicted octanol–water partition coefficient (Wildman–Crippen LogP) is 3.64. The molecule has 102 valence electrons. The fraction of sp³-hybridized carbons (Fsp3) is 0.273. The lowest BCUT2D eigenvalue weighted by Crippen LogP contribution is -2.10. The van der Waals surface area contributed by atoms with Gasteiger partial charge in [-0.3, -0.25) is 0 Å². The number of ether oxygens (including phenoxy) is 1. The number of hydrogen-bond acceptors (Lipinski definition) is 5. The molecule has 0 N–H and O–H groups in total. The number of thioether (sulfide) groups is 1. The number of halogens is 3. The molecule has 0 saturated heterocycles. The summed E-state index contributed by atoms with van der Waals surface area (Å²) in [4.78, 5) is 11.2. The zero-order valence-electron chi connectivity index (χ0n) is 9.61. The normalized spacial score (nSPS) is 10.9. The highest BCUT2D eigenvalue weighted by Gasteiger charge is 2.34. The van der Waals surface area contributed by atoms with Crippen molar-refractivity contribution in [2.45, 2.75) is 22.2 Å². The van der Waals surface area contributed by atoms with Gasteiger partial charge < -0.3 is 4.74 Å². The Kier molecular flexibility index (Phi) is 5.14.